The van der Waals surface area contributed by atoms with Crippen molar-refractivity contribution >= 4 is 38.9 Å². The second-order valence-corrected chi connectivity index (χ2v) is 10.5. The summed E-state index contributed by atoms with van der Waals surface area (Å²) in [4.78, 5) is 12.8. The van der Waals surface area contributed by atoms with Crippen LogP contribution < -0.4 is 15.4 Å². The average molecular weight is 490 g/mol. The van der Waals surface area contributed by atoms with Gasteiger partial charge in [0.1, 0.15) is 5.75 Å². The monoisotopic (exact) mass is 489 g/mol. The Labute approximate surface area is 201 Å². The zero-order valence-electron chi connectivity index (χ0n) is 19.0. The first kappa shape index (κ1) is 25.1. The molecule has 1 aliphatic rings. The van der Waals surface area contributed by atoms with E-state index in [2.05, 4.69) is 10.6 Å². The van der Waals surface area contributed by atoms with Crippen LogP contribution >= 0.6 is 12.2 Å². The number of sulfonamides is 1. The number of benzene rings is 2. The van der Waals surface area contributed by atoms with Crippen LogP contribution in [-0.2, 0) is 10.0 Å². The minimum Gasteiger partial charge on any atom is -0.491 e. The maximum Gasteiger partial charge on any atom is 0.257 e. The highest BCUT2D eigenvalue weighted by Gasteiger charge is 2.25. The van der Waals surface area contributed by atoms with E-state index in [0.29, 0.717) is 30.1 Å². The Bertz CT molecular complexity index is 1060. The number of rotatable bonds is 7. The fourth-order valence-electron chi connectivity index (χ4n) is 3.51. The van der Waals surface area contributed by atoms with E-state index >= 15 is 0 Å². The van der Waals surface area contributed by atoms with Crippen LogP contribution in [0.4, 0.5) is 5.69 Å². The number of ether oxygens (including phenoxy) is 1. The Hall–Kier alpha value is -2.49. The molecule has 0 radical (unpaired) electrons. The largest absolute Gasteiger partial charge is 0.491 e. The SMILES string of the molecule is CCC(C)Oc1cccc(C(=O)NC(=S)Nc2ccc(S(=O)(=O)N3CCCCCC3)cc2)c1. The smallest absolute Gasteiger partial charge is 0.257 e. The van der Waals surface area contributed by atoms with Gasteiger partial charge in [0.2, 0.25) is 10.0 Å². The molecule has 1 saturated heterocycles. The van der Waals surface area contributed by atoms with Crippen LogP contribution in [0, 0.1) is 0 Å². The van der Waals surface area contributed by atoms with Crippen LogP contribution in [0.1, 0.15) is 56.3 Å². The van der Waals surface area contributed by atoms with Gasteiger partial charge in [-0.05, 0) is 80.9 Å². The van der Waals surface area contributed by atoms with Gasteiger partial charge < -0.3 is 10.1 Å². The molecule has 1 fully saturated rings. The zero-order chi connectivity index (χ0) is 23.8. The first-order valence-corrected chi connectivity index (χ1v) is 13.1. The first-order valence-electron chi connectivity index (χ1n) is 11.3. The molecular weight excluding hydrogens is 458 g/mol. The highest BCUT2D eigenvalue weighted by atomic mass is 32.2. The number of hydrogen-bond acceptors (Lipinski definition) is 5. The van der Waals surface area contributed by atoms with Gasteiger partial charge in [0, 0.05) is 24.3 Å². The van der Waals surface area contributed by atoms with Crippen molar-refractivity contribution in [3.8, 4) is 5.75 Å². The van der Waals surface area contributed by atoms with Crippen molar-refractivity contribution in [2.24, 2.45) is 0 Å². The third-order valence-electron chi connectivity index (χ3n) is 5.55. The normalized spacial score (nSPS) is 15.8. The molecule has 9 heteroatoms. The minimum absolute atomic E-state index is 0.0530. The van der Waals surface area contributed by atoms with Crippen molar-refractivity contribution in [2.75, 3.05) is 18.4 Å². The molecule has 0 aliphatic carbocycles. The van der Waals surface area contributed by atoms with Gasteiger partial charge in [0.15, 0.2) is 5.11 Å². The molecule has 1 atom stereocenters. The van der Waals surface area contributed by atoms with Crippen LogP contribution in [0.15, 0.2) is 53.4 Å². The van der Waals surface area contributed by atoms with Gasteiger partial charge in [-0.15, -0.1) is 0 Å². The fourth-order valence-corrected chi connectivity index (χ4v) is 5.23. The van der Waals surface area contributed by atoms with Gasteiger partial charge in [-0.1, -0.05) is 25.8 Å². The van der Waals surface area contributed by atoms with E-state index in [1.165, 1.54) is 0 Å². The fraction of sp³-hybridized carbons (Fsp3) is 0.417. The van der Waals surface area contributed by atoms with E-state index in [1.807, 2.05) is 13.8 Å². The second-order valence-electron chi connectivity index (χ2n) is 8.12. The number of carbonyl (C=O) groups excluding carboxylic acids is 1. The lowest BCUT2D eigenvalue weighted by Crippen LogP contribution is -2.34. The molecule has 0 saturated carbocycles. The van der Waals surface area contributed by atoms with E-state index in [0.717, 1.165) is 32.1 Å². The quantitative estimate of drug-likeness (QED) is 0.555. The number of hydrogen-bond donors (Lipinski definition) is 2. The summed E-state index contributed by atoms with van der Waals surface area (Å²) in [5, 5.41) is 5.69. The molecule has 0 aromatic heterocycles. The van der Waals surface area contributed by atoms with E-state index in [1.54, 1.807) is 52.8 Å². The molecule has 3 rings (SSSR count). The summed E-state index contributed by atoms with van der Waals surface area (Å²) < 4.78 is 33.1. The standard InChI is InChI=1S/C24H31N3O4S2/c1-3-18(2)31-21-10-8-9-19(17-21)23(28)26-24(32)25-20-11-13-22(14-12-20)33(29,30)27-15-6-4-5-7-16-27/h8-14,17-18H,3-7,15-16H2,1-2H3,(H2,25,26,28,32). The maximum absolute atomic E-state index is 12.9. The van der Waals surface area contributed by atoms with E-state index in [9.17, 15) is 13.2 Å². The van der Waals surface area contributed by atoms with Crippen molar-refractivity contribution < 1.29 is 17.9 Å². The number of amides is 1. The molecule has 2 aromatic rings. The number of anilines is 1. The molecule has 7 nitrogen and oxygen atoms in total. The van der Waals surface area contributed by atoms with Gasteiger partial charge in [-0.25, -0.2) is 8.42 Å². The molecule has 2 N–H and O–H groups in total. The van der Waals surface area contributed by atoms with Crippen molar-refractivity contribution in [1.82, 2.24) is 9.62 Å². The molecule has 0 bridgehead atoms. The lowest BCUT2D eigenvalue weighted by atomic mass is 10.2. The lowest BCUT2D eigenvalue weighted by Gasteiger charge is -2.20. The van der Waals surface area contributed by atoms with Crippen molar-refractivity contribution in [2.45, 2.75) is 57.0 Å². The first-order chi connectivity index (χ1) is 15.8. The molecule has 0 spiro atoms. The van der Waals surface area contributed by atoms with E-state index in [4.69, 9.17) is 17.0 Å². The van der Waals surface area contributed by atoms with Crippen LogP contribution in [0.2, 0.25) is 0 Å². The third-order valence-corrected chi connectivity index (χ3v) is 7.67. The Morgan fingerprint density at radius 2 is 1.76 bits per heavy atom. The topological polar surface area (TPSA) is 87.7 Å². The van der Waals surface area contributed by atoms with Gasteiger partial charge in [0.25, 0.3) is 5.91 Å². The molecule has 1 aliphatic heterocycles. The average Bonchev–Trinajstić information content (AvgIpc) is 3.10. The summed E-state index contributed by atoms with van der Waals surface area (Å²) in [5.74, 6) is 0.263. The summed E-state index contributed by atoms with van der Waals surface area (Å²) in [6.07, 6.45) is 4.82. The summed E-state index contributed by atoms with van der Waals surface area (Å²) in [5.41, 5.74) is 1.02. The molecule has 178 valence electrons. The predicted octanol–water partition coefficient (Wildman–Crippen LogP) is 4.56. The van der Waals surface area contributed by atoms with Crippen LogP contribution in [0.5, 0.6) is 5.75 Å². The highest BCUT2D eigenvalue weighted by molar-refractivity contribution is 7.89. The Kier molecular flexibility index (Phi) is 8.82. The van der Waals surface area contributed by atoms with Crippen molar-refractivity contribution in [3.05, 3.63) is 54.1 Å². The Morgan fingerprint density at radius 1 is 1.09 bits per heavy atom. The van der Waals surface area contributed by atoms with Crippen molar-refractivity contribution in [3.63, 3.8) is 0 Å². The maximum atomic E-state index is 12.9. The summed E-state index contributed by atoms with van der Waals surface area (Å²) in [6, 6.07) is 13.3. The van der Waals surface area contributed by atoms with Crippen LogP contribution in [0.3, 0.4) is 0 Å². The van der Waals surface area contributed by atoms with Crippen molar-refractivity contribution in [1.29, 1.82) is 0 Å². The highest BCUT2D eigenvalue weighted by Crippen LogP contribution is 2.22. The number of nitrogens with zero attached hydrogens (tertiary/aromatic N) is 1. The number of nitrogens with one attached hydrogen (secondary N) is 2. The molecule has 1 amide bonds. The lowest BCUT2D eigenvalue weighted by molar-refractivity contribution is 0.0977. The summed E-state index contributed by atoms with van der Waals surface area (Å²) in [7, 11) is -3.51. The molecule has 33 heavy (non-hydrogen) atoms. The van der Waals surface area contributed by atoms with Gasteiger partial charge >= 0.3 is 0 Å². The molecule has 2 aromatic carbocycles. The van der Waals surface area contributed by atoms with Gasteiger partial charge in [0.05, 0.1) is 11.0 Å². The zero-order valence-corrected chi connectivity index (χ0v) is 20.7. The van der Waals surface area contributed by atoms with E-state index < -0.39 is 10.0 Å². The third kappa shape index (κ3) is 6.99. The summed E-state index contributed by atoms with van der Waals surface area (Å²) >= 11 is 5.26. The van der Waals surface area contributed by atoms with E-state index in [-0.39, 0.29) is 22.0 Å². The molecular formula is C24H31N3O4S2. The molecule has 1 heterocycles. The molecule has 1 unspecified atom stereocenters. The van der Waals surface area contributed by atoms with Crippen LogP contribution in [0.25, 0.3) is 0 Å². The Balaban J connectivity index is 1.59. The minimum atomic E-state index is -3.51. The number of carbonyl (C=O) groups is 1. The predicted molar refractivity (Wildman–Crippen MR) is 134 cm³/mol. The second kappa shape index (κ2) is 11.6. The van der Waals surface area contributed by atoms with Crippen LogP contribution in [-0.4, -0.2) is 42.9 Å². The van der Waals surface area contributed by atoms with Gasteiger partial charge in [-0.3, -0.25) is 10.1 Å². The van der Waals surface area contributed by atoms with Gasteiger partial charge in [-0.2, -0.15) is 4.31 Å². The number of thiocarbonyl (C=S) groups is 1. The Morgan fingerprint density at radius 3 is 2.39 bits per heavy atom. The summed E-state index contributed by atoms with van der Waals surface area (Å²) in [6.45, 7) is 5.11.